The molecule has 1 unspecified atom stereocenters. The van der Waals surface area contributed by atoms with Crippen molar-refractivity contribution in [3.8, 4) is 0 Å². The van der Waals surface area contributed by atoms with Crippen molar-refractivity contribution in [3.05, 3.63) is 58.4 Å². The highest BCUT2D eigenvalue weighted by molar-refractivity contribution is 7.89. The lowest BCUT2D eigenvalue weighted by Gasteiger charge is -2.32. The van der Waals surface area contributed by atoms with E-state index in [9.17, 15) is 23.3 Å². The van der Waals surface area contributed by atoms with Gasteiger partial charge in [-0.2, -0.15) is 4.31 Å². The first-order valence-corrected chi connectivity index (χ1v) is 10.3. The molecule has 0 spiro atoms. The van der Waals surface area contributed by atoms with Gasteiger partial charge in [0, 0.05) is 24.3 Å². The average Bonchev–Trinajstić information content (AvgIpc) is 2.68. The van der Waals surface area contributed by atoms with E-state index in [1.165, 1.54) is 40.8 Å². The van der Waals surface area contributed by atoms with Crippen LogP contribution in [0.5, 0.6) is 0 Å². The standard InChI is InChI=1S/C18H20N4O5S/c1-13-4-2-3-11-21(13)28(26,27)15-7-5-14(6-8-15)18(23)20-16-9-10-19-12-17(16)22(24)25/h5-10,12-13H,2-4,11H2,1H3,(H,19,20,23). The summed E-state index contributed by atoms with van der Waals surface area (Å²) in [6.45, 7) is 2.37. The van der Waals surface area contributed by atoms with Gasteiger partial charge in [0.1, 0.15) is 11.9 Å². The van der Waals surface area contributed by atoms with Crippen molar-refractivity contribution in [2.24, 2.45) is 0 Å². The van der Waals surface area contributed by atoms with Crippen molar-refractivity contribution in [2.75, 3.05) is 11.9 Å². The summed E-state index contributed by atoms with van der Waals surface area (Å²) >= 11 is 0. The van der Waals surface area contributed by atoms with E-state index in [4.69, 9.17) is 0 Å². The second kappa shape index (κ2) is 8.03. The Labute approximate surface area is 162 Å². The Bertz CT molecular complexity index is 991. The molecule has 28 heavy (non-hydrogen) atoms. The number of aromatic nitrogens is 1. The fourth-order valence-corrected chi connectivity index (χ4v) is 4.87. The number of carbonyl (C=O) groups excluding carboxylic acids is 1. The van der Waals surface area contributed by atoms with Crippen molar-refractivity contribution in [1.29, 1.82) is 0 Å². The first kappa shape index (κ1) is 19.9. The maximum absolute atomic E-state index is 12.8. The summed E-state index contributed by atoms with van der Waals surface area (Å²) < 4.78 is 27.2. The third-order valence-corrected chi connectivity index (χ3v) is 6.74. The van der Waals surface area contributed by atoms with Gasteiger partial charge in [0.05, 0.1) is 9.82 Å². The van der Waals surface area contributed by atoms with E-state index < -0.39 is 20.9 Å². The smallest absolute Gasteiger partial charge is 0.310 e. The lowest BCUT2D eigenvalue weighted by atomic mass is 10.1. The Morgan fingerprint density at radius 3 is 2.61 bits per heavy atom. The molecular weight excluding hydrogens is 384 g/mol. The summed E-state index contributed by atoms with van der Waals surface area (Å²) in [4.78, 5) is 26.6. The summed E-state index contributed by atoms with van der Waals surface area (Å²) in [6.07, 6.45) is 5.04. The molecule has 0 radical (unpaired) electrons. The van der Waals surface area contributed by atoms with Crippen LogP contribution in [-0.4, -0.2) is 41.1 Å². The molecule has 10 heteroatoms. The number of benzene rings is 1. The van der Waals surface area contributed by atoms with E-state index in [0.29, 0.717) is 6.54 Å². The zero-order valence-corrected chi connectivity index (χ0v) is 16.1. The Morgan fingerprint density at radius 1 is 1.25 bits per heavy atom. The highest BCUT2D eigenvalue weighted by Crippen LogP contribution is 2.26. The van der Waals surface area contributed by atoms with E-state index in [1.54, 1.807) is 0 Å². The van der Waals surface area contributed by atoms with Gasteiger partial charge in [-0.3, -0.25) is 19.9 Å². The molecule has 1 aromatic heterocycles. The number of nitrogens with zero attached hydrogens (tertiary/aromatic N) is 3. The lowest BCUT2D eigenvalue weighted by molar-refractivity contribution is -0.384. The van der Waals surface area contributed by atoms with Crippen molar-refractivity contribution >= 4 is 27.3 Å². The molecule has 1 saturated heterocycles. The predicted molar refractivity (Wildman–Crippen MR) is 102 cm³/mol. The van der Waals surface area contributed by atoms with Gasteiger partial charge < -0.3 is 5.32 Å². The van der Waals surface area contributed by atoms with Crippen LogP contribution in [-0.2, 0) is 10.0 Å². The second-order valence-electron chi connectivity index (χ2n) is 6.59. The maximum Gasteiger partial charge on any atom is 0.310 e. The van der Waals surface area contributed by atoms with Crippen LogP contribution in [0.3, 0.4) is 0 Å². The van der Waals surface area contributed by atoms with E-state index in [-0.39, 0.29) is 27.9 Å². The van der Waals surface area contributed by atoms with Crippen LogP contribution in [0.2, 0.25) is 0 Å². The number of hydrogen-bond acceptors (Lipinski definition) is 6. The summed E-state index contributed by atoms with van der Waals surface area (Å²) in [7, 11) is -3.63. The summed E-state index contributed by atoms with van der Waals surface area (Å²) in [6, 6.07) is 6.81. The molecule has 1 aliphatic rings. The molecule has 2 aromatic rings. The quantitative estimate of drug-likeness (QED) is 0.604. The first-order valence-electron chi connectivity index (χ1n) is 8.82. The van der Waals surface area contributed by atoms with Crippen molar-refractivity contribution in [2.45, 2.75) is 37.1 Å². The Balaban J connectivity index is 1.79. The first-order chi connectivity index (χ1) is 13.3. The van der Waals surface area contributed by atoms with Crippen LogP contribution in [0.25, 0.3) is 0 Å². The highest BCUT2D eigenvalue weighted by Gasteiger charge is 2.31. The van der Waals surface area contributed by atoms with Gasteiger partial charge in [-0.15, -0.1) is 0 Å². The third kappa shape index (κ3) is 4.02. The number of amides is 1. The summed E-state index contributed by atoms with van der Waals surface area (Å²) in [5.41, 5.74) is -0.116. The lowest BCUT2D eigenvalue weighted by Crippen LogP contribution is -2.41. The van der Waals surface area contributed by atoms with Gasteiger partial charge in [-0.25, -0.2) is 8.42 Å². The Hall–Kier alpha value is -2.85. The monoisotopic (exact) mass is 404 g/mol. The summed E-state index contributed by atoms with van der Waals surface area (Å²) in [5, 5.41) is 13.5. The molecule has 1 aliphatic heterocycles. The van der Waals surface area contributed by atoms with Crippen LogP contribution in [0.1, 0.15) is 36.5 Å². The number of sulfonamides is 1. The van der Waals surface area contributed by atoms with Gasteiger partial charge >= 0.3 is 5.69 Å². The van der Waals surface area contributed by atoms with Crippen LogP contribution >= 0.6 is 0 Å². The molecular formula is C18H20N4O5S. The number of piperidine rings is 1. The van der Waals surface area contributed by atoms with Gasteiger partial charge in [0.15, 0.2) is 0 Å². The van der Waals surface area contributed by atoms with Gasteiger partial charge in [0.25, 0.3) is 5.91 Å². The molecule has 1 N–H and O–H groups in total. The molecule has 0 aliphatic carbocycles. The Morgan fingerprint density at radius 2 is 1.96 bits per heavy atom. The fraction of sp³-hybridized carbons (Fsp3) is 0.333. The fourth-order valence-electron chi connectivity index (χ4n) is 3.17. The number of anilines is 1. The molecule has 1 fully saturated rings. The summed E-state index contributed by atoms with van der Waals surface area (Å²) in [5.74, 6) is -0.579. The van der Waals surface area contributed by atoms with E-state index >= 15 is 0 Å². The van der Waals surface area contributed by atoms with Crippen LogP contribution < -0.4 is 5.32 Å². The number of rotatable bonds is 5. The minimum Gasteiger partial charge on any atom is -0.316 e. The SMILES string of the molecule is CC1CCCCN1S(=O)(=O)c1ccc(C(=O)Nc2ccncc2[N+](=O)[O-])cc1. The predicted octanol–water partition coefficient (Wildman–Crippen LogP) is 2.81. The van der Waals surface area contributed by atoms with Gasteiger partial charge in [-0.05, 0) is 50.1 Å². The number of nitro groups is 1. The van der Waals surface area contributed by atoms with Crippen molar-refractivity contribution < 1.29 is 18.1 Å². The van der Waals surface area contributed by atoms with Crippen molar-refractivity contribution in [1.82, 2.24) is 9.29 Å². The number of nitrogens with one attached hydrogen (secondary N) is 1. The topological polar surface area (TPSA) is 123 Å². The normalized spacial score (nSPS) is 17.8. The largest absolute Gasteiger partial charge is 0.316 e. The molecule has 0 saturated carbocycles. The molecule has 148 valence electrons. The van der Waals surface area contributed by atoms with Gasteiger partial charge in [0.2, 0.25) is 10.0 Å². The van der Waals surface area contributed by atoms with Gasteiger partial charge in [-0.1, -0.05) is 6.42 Å². The zero-order valence-electron chi connectivity index (χ0n) is 15.2. The molecule has 1 amide bonds. The minimum absolute atomic E-state index is 0.0174. The van der Waals surface area contributed by atoms with E-state index in [0.717, 1.165) is 25.5 Å². The number of carbonyl (C=O) groups is 1. The third-order valence-electron chi connectivity index (χ3n) is 4.71. The van der Waals surface area contributed by atoms with E-state index in [2.05, 4.69) is 10.3 Å². The van der Waals surface area contributed by atoms with Crippen molar-refractivity contribution in [3.63, 3.8) is 0 Å². The number of hydrogen-bond donors (Lipinski definition) is 1. The molecule has 0 bridgehead atoms. The average molecular weight is 404 g/mol. The molecule has 1 atom stereocenters. The van der Waals surface area contributed by atoms with E-state index in [1.807, 2.05) is 6.92 Å². The van der Waals surface area contributed by atoms with Crippen LogP contribution in [0.15, 0.2) is 47.6 Å². The van der Waals surface area contributed by atoms with Crippen LogP contribution in [0, 0.1) is 10.1 Å². The Kier molecular flexibility index (Phi) is 5.71. The number of pyridine rings is 1. The van der Waals surface area contributed by atoms with Crippen LogP contribution in [0.4, 0.5) is 11.4 Å². The minimum atomic E-state index is -3.63. The second-order valence-corrected chi connectivity index (χ2v) is 8.48. The maximum atomic E-state index is 12.8. The highest BCUT2D eigenvalue weighted by atomic mass is 32.2. The molecule has 2 heterocycles. The molecule has 1 aromatic carbocycles. The molecule has 3 rings (SSSR count). The molecule has 9 nitrogen and oxygen atoms in total. The zero-order chi connectivity index (χ0) is 20.3.